The van der Waals surface area contributed by atoms with Crippen molar-refractivity contribution in [1.29, 1.82) is 0 Å². The molecule has 23 heavy (non-hydrogen) atoms. The first-order chi connectivity index (χ1) is 11.0. The van der Waals surface area contributed by atoms with Gasteiger partial charge >= 0.3 is 5.97 Å². The second-order valence-electron chi connectivity index (χ2n) is 4.97. The van der Waals surface area contributed by atoms with Crippen molar-refractivity contribution in [1.82, 2.24) is 5.32 Å². The normalized spacial score (nSPS) is 12.9. The molecule has 1 aromatic rings. The molecule has 128 valence electrons. The molecule has 2 unspecified atom stereocenters. The number of carbonyl (C=O) groups excluding carboxylic acids is 2. The number of amides is 1. The molecule has 0 aliphatic heterocycles. The van der Waals surface area contributed by atoms with Gasteiger partial charge in [0, 0.05) is 13.2 Å². The fourth-order valence-electron chi connectivity index (χ4n) is 1.77. The van der Waals surface area contributed by atoms with E-state index in [1.54, 1.807) is 52.3 Å². The zero-order valence-corrected chi connectivity index (χ0v) is 13.8. The number of nitrogens with one attached hydrogen (secondary N) is 1. The van der Waals surface area contributed by atoms with Gasteiger partial charge in [-0.05, 0) is 38.1 Å². The van der Waals surface area contributed by atoms with Crippen molar-refractivity contribution in [3.8, 4) is 11.5 Å². The van der Waals surface area contributed by atoms with Crippen molar-refractivity contribution in [3.63, 3.8) is 0 Å². The van der Waals surface area contributed by atoms with E-state index in [1.165, 1.54) is 0 Å². The van der Waals surface area contributed by atoms with Crippen LogP contribution in [0.2, 0.25) is 0 Å². The van der Waals surface area contributed by atoms with Crippen LogP contribution in [0.25, 0.3) is 0 Å². The van der Waals surface area contributed by atoms with Crippen molar-refractivity contribution in [2.75, 3.05) is 27.4 Å². The van der Waals surface area contributed by atoms with Crippen LogP contribution in [0.4, 0.5) is 0 Å². The van der Waals surface area contributed by atoms with Crippen molar-refractivity contribution in [2.24, 2.45) is 0 Å². The lowest BCUT2D eigenvalue weighted by atomic mass is 10.3. The third-order valence-corrected chi connectivity index (χ3v) is 2.87. The quantitative estimate of drug-likeness (QED) is 0.686. The zero-order valence-electron chi connectivity index (χ0n) is 13.8. The smallest absolute Gasteiger partial charge is 0.347 e. The molecule has 1 aromatic carbocycles. The number of hydrogen-bond donors (Lipinski definition) is 1. The standard InChI is InChI=1S/C16H23NO6/c1-11(9-20-3)17-15(18)10-22-16(19)12(2)23-14-7-5-13(21-4)6-8-14/h5-8,11-12H,9-10H2,1-4H3,(H,17,18). The van der Waals surface area contributed by atoms with Crippen molar-refractivity contribution >= 4 is 11.9 Å². The number of rotatable bonds is 9. The maximum Gasteiger partial charge on any atom is 0.347 e. The predicted molar refractivity (Wildman–Crippen MR) is 83.5 cm³/mol. The van der Waals surface area contributed by atoms with Crippen LogP contribution in [0, 0.1) is 0 Å². The van der Waals surface area contributed by atoms with Gasteiger partial charge in [0.05, 0.1) is 13.7 Å². The highest BCUT2D eigenvalue weighted by atomic mass is 16.6. The number of hydrogen-bond acceptors (Lipinski definition) is 6. The average Bonchev–Trinajstić information content (AvgIpc) is 2.53. The highest BCUT2D eigenvalue weighted by Crippen LogP contribution is 2.18. The molecular formula is C16H23NO6. The number of carbonyl (C=O) groups is 2. The summed E-state index contributed by atoms with van der Waals surface area (Å²) in [6.45, 7) is 3.37. The van der Waals surface area contributed by atoms with Crippen molar-refractivity contribution in [2.45, 2.75) is 26.0 Å². The summed E-state index contributed by atoms with van der Waals surface area (Å²) in [5.41, 5.74) is 0. The monoisotopic (exact) mass is 325 g/mol. The summed E-state index contributed by atoms with van der Waals surface area (Å²) in [5, 5.41) is 2.64. The van der Waals surface area contributed by atoms with Crippen LogP contribution < -0.4 is 14.8 Å². The van der Waals surface area contributed by atoms with E-state index < -0.39 is 12.1 Å². The maximum absolute atomic E-state index is 11.8. The highest BCUT2D eigenvalue weighted by Gasteiger charge is 2.18. The molecule has 0 radical (unpaired) electrons. The topological polar surface area (TPSA) is 83.1 Å². The summed E-state index contributed by atoms with van der Waals surface area (Å²) in [6.07, 6.45) is -0.826. The molecule has 1 rings (SSSR count). The van der Waals surface area contributed by atoms with Crippen LogP contribution in [0.1, 0.15) is 13.8 Å². The molecular weight excluding hydrogens is 302 g/mol. The molecule has 1 N–H and O–H groups in total. The molecule has 0 fully saturated rings. The zero-order chi connectivity index (χ0) is 17.2. The minimum atomic E-state index is -0.826. The van der Waals surface area contributed by atoms with Gasteiger partial charge in [0.1, 0.15) is 11.5 Å². The molecule has 7 heteroatoms. The van der Waals surface area contributed by atoms with Gasteiger partial charge in [-0.3, -0.25) is 4.79 Å². The molecule has 2 atom stereocenters. The first-order valence-electron chi connectivity index (χ1n) is 7.22. The molecule has 0 bridgehead atoms. The van der Waals surface area contributed by atoms with E-state index in [-0.39, 0.29) is 18.6 Å². The highest BCUT2D eigenvalue weighted by molar-refractivity contribution is 5.82. The van der Waals surface area contributed by atoms with Crippen molar-refractivity contribution < 1.29 is 28.5 Å². The molecule has 0 aromatic heterocycles. The maximum atomic E-state index is 11.8. The van der Waals surface area contributed by atoms with Gasteiger partial charge in [0.2, 0.25) is 0 Å². The predicted octanol–water partition coefficient (Wildman–Crippen LogP) is 1.16. The summed E-state index contributed by atoms with van der Waals surface area (Å²) in [5.74, 6) is 0.192. The van der Waals surface area contributed by atoms with Crippen molar-refractivity contribution in [3.05, 3.63) is 24.3 Å². The van der Waals surface area contributed by atoms with Crippen LogP contribution in [0.3, 0.4) is 0 Å². The van der Waals surface area contributed by atoms with Gasteiger partial charge in [-0.25, -0.2) is 4.79 Å². The molecule has 0 heterocycles. The summed E-state index contributed by atoms with van der Waals surface area (Å²) in [7, 11) is 3.11. The third-order valence-electron chi connectivity index (χ3n) is 2.87. The second-order valence-corrected chi connectivity index (χ2v) is 4.97. The Morgan fingerprint density at radius 3 is 2.26 bits per heavy atom. The Hall–Kier alpha value is -2.28. The van der Waals surface area contributed by atoms with E-state index in [4.69, 9.17) is 18.9 Å². The van der Waals surface area contributed by atoms with Gasteiger partial charge in [-0.1, -0.05) is 0 Å². The lowest BCUT2D eigenvalue weighted by Gasteiger charge is -2.15. The van der Waals surface area contributed by atoms with Gasteiger partial charge in [-0.2, -0.15) is 0 Å². The van der Waals surface area contributed by atoms with E-state index >= 15 is 0 Å². The van der Waals surface area contributed by atoms with Gasteiger partial charge in [-0.15, -0.1) is 0 Å². The Labute approximate surface area is 135 Å². The van der Waals surface area contributed by atoms with E-state index in [9.17, 15) is 9.59 Å². The van der Waals surface area contributed by atoms with E-state index in [0.717, 1.165) is 0 Å². The number of esters is 1. The molecule has 0 spiro atoms. The molecule has 1 amide bonds. The van der Waals surface area contributed by atoms with Crippen LogP contribution in [0.15, 0.2) is 24.3 Å². The van der Waals surface area contributed by atoms with Crippen LogP contribution in [0.5, 0.6) is 11.5 Å². The fourth-order valence-corrected chi connectivity index (χ4v) is 1.77. The Morgan fingerprint density at radius 1 is 1.09 bits per heavy atom. The van der Waals surface area contributed by atoms with Gasteiger partial charge in [0.15, 0.2) is 12.7 Å². The van der Waals surface area contributed by atoms with Crippen LogP contribution in [-0.2, 0) is 19.1 Å². The molecule has 0 saturated carbocycles. The van der Waals surface area contributed by atoms with Gasteiger partial charge in [0.25, 0.3) is 5.91 Å². The largest absolute Gasteiger partial charge is 0.497 e. The lowest BCUT2D eigenvalue weighted by Crippen LogP contribution is -2.39. The molecule has 0 aliphatic rings. The van der Waals surface area contributed by atoms with Crippen LogP contribution >= 0.6 is 0 Å². The molecule has 7 nitrogen and oxygen atoms in total. The molecule has 0 saturated heterocycles. The lowest BCUT2D eigenvalue weighted by molar-refractivity contribution is -0.154. The van der Waals surface area contributed by atoms with Crippen LogP contribution in [-0.4, -0.2) is 51.5 Å². The summed E-state index contributed by atoms with van der Waals surface area (Å²) >= 11 is 0. The second kappa shape index (κ2) is 9.68. The summed E-state index contributed by atoms with van der Waals surface area (Å²) in [6, 6.07) is 6.65. The Kier molecular flexibility index (Phi) is 7.90. The number of ether oxygens (including phenoxy) is 4. The Morgan fingerprint density at radius 2 is 1.70 bits per heavy atom. The minimum absolute atomic E-state index is 0.154. The Bertz CT molecular complexity index is 502. The van der Waals surface area contributed by atoms with Gasteiger partial charge < -0.3 is 24.3 Å². The van der Waals surface area contributed by atoms with E-state index in [0.29, 0.717) is 18.1 Å². The third kappa shape index (κ3) is 7.01. The summed E-state index contributed by atoms with van der Waals surface area (Å²) in [4.78, 5) is 23.4. The van der Waals surface area contributed by atoms with E-state index in [2.05, 4.69) is 5.32 Å². The SMILES string of the molecule is COCC(C)NC(=O)COC(=O)C(C)Oc1ccc(OC)cc1. The fraction of sp³-hybridized carbons (Fsp3) is 0.500. The minimum Gasteiger partial charge on any atom is -0.497 e. The Balaban J connectivity index is 2.37. The number of benzene rings is 1. The summed E-state index contributed by atoms with van der Waals surface area (Å²) < 4.78 is 20.3. The molecule has 0 aliphatic carbocycles. The first kappa shape index (κ1) is 18.8. The van der Waals surface area contributed by atoms with E-state index in [1.807, 2.05) is 0 Å². The number of methoxy groups -OCH3 is 2. The first-order valence-corrected chi connectivity index (χ1v) is 7.22. The average molecular weight is 325 g/mol.